The van der Waals surface area contributed by atoms with E-state index in [1.807, 2.05) is 4.90 Å². The van der Waals surface area contributed by atoms with Gasteiger partial charge in [0.15, 0.2) is 0 Å². The second kappa shape index (κ2) is 18.3. The molecular formula is C28H55N2O3+. The van der Waals surface area contributed by atoms with Crippen molar-refractivity contribution >= 4 is 11.9 Å². The van der Waals surface area contributed by atoms with Gasteiger partial charge in [0, 0.05) is 19.5 Å². The van der Waals surface area contributed by atoms with Crippen LogP contribution in [0.4, 0.5) is 0 Å². The van der Waals surface area contributed by atoms with E-state index < -0.39 is 0 Å². The highest BCUT2D eigenvalue weighted by Crippen LogP contribution is 2.20. The van der Waals surface area contributed by atoms with Gasteiger partial charge in [0.1, 0.15) is 13.2 Å². The van der Waals surface area contributed by atoms with E-state index in [0.717, 1.165) is 24.0 Å². The fourth-order valence-electron chi connectivity index (χ4n) is 4.53. The first-order chi connectivity index (χ1) is 15.8. The van der Waals surface area contributed by atoms with Crippen molar-refractivity contribution in [1.82, 2.24) is 4.90 Å². The molecule has 1 aliphatic rings. The fourth-order valence-corrected chi connectivity index (χ4v) is 4.53. The largest absolute Gasteiger partial charge is 0.459 e. The lowest BCUT2D eigenvalue weighted by Gasteiger charge is -2.23. The van der Waals surface area contributed by atoms with Gasteiger partial charge in [0.2, 0.25) is 5.91 Å². The van der Waals surface area contributed by atoms with Gasteiger partial charge < -0.3 is 14.1 Å². The van der Waals surface area contributed by atoms with Crippen LogP contribution in [0.5, 0.6) is 0 Å². The summed E-state index contributed by atoms with van der Waals surface area (Å²) in [4.78, 5) is 26.3. The van der Waals surface area contributed by atoms with Gasteiger partial charge in [-0.25, -0.2) is 0 Å². The fraction of sp³-hybridized carbons (Fsp3) is 0.929. The molecule has 0 spiro atoms. The number of amides is 1. The summed E-state index contributed by atoms with van der Waals surface area (Å²) in [5, 5.41) is 0. The minimum atomic E-state index is -0.272. The van der Waals surface area contributed by atoms with Crippen molar-refractivity contribution in [2.45, 2.75) is 116 Å². The maximum Gasteiger partial charge on any atom is 0.311 e. The highest BCUT2D eigenvalue weighted by molar-refractivity contribution is 5.86. The molecule has 1 amide bonds. The minimum Gasteiger partial charge on any atom is -0.459 e. The average molecular weight is 468 g/mol. The Kier molecular flexibility index (Phi) is 16.6. The molecule has 0 radical (unpaired) electrons. The number of likely N-dealkylation sites (N-methyl/N-ethyl adjacent to an activating group) is 1. The van der Waals surface area contributed by atoms with Gasteiger partial charge in [-0.1, -0.05) is 103 Å². The molecule has 0 aliphatic carbocycles. The van der Waals surface area contributed by atoms with E-state index in [1.165, 1.54) is 96.3 Å². The van der Waals surface area contributed by atoms with E-state index in [2.05, 4.69) is 28.1 Å². The lowest BCUT2D eigenvalue weighted by molar-refractivity contribution is -0.870. The third-order valence-electron chi connectivity index (χ3n) is 6.84. The summed E-state index contributed by atoms with van der Waals surface area (Å²) in [6, 6.07) is 0. The van der Waals surface area contributed by atoms with E-state index in [0.29, 0.717) is 19.6 Å². The van der Waals surface area contributed by atoms with Gasteiger partial charge >= 0.3 is 5.97 Å². The first-order valence-corrected chi connectivity index (χ1v) is 14.1. The van der Waals surface area contributed by atoms with Crippen LogP contribution in [-0.4, -0.2) is 68.6 Å². The summed E-state index contributed by atoms with van der Waals surface area (Å²) in [5.41, 5.74) is 0. The summed E-state index contributed by atoms with van der Waals surface area (Å²) in [6.07, 6.45) is 22.0. The maximum atomic E-state index is 12.2. The third-order valence-corrected chi connectivity index (χ3v) is 6.84. The molecule has 194 valence electrons. The lowest BCUT2D eigenvalue weighted by atomic mass is 10.0. The molecule has 0 aromatic carbocycles. The lowest BCUT2D eigenvalue weighted by Crippen LogP contribution is -2.38. The topological polar surface area (TPSA) is 46.6 Å². The molecule has 0 saturated carbocycles. The van der Waals surface area contributed by atoms with Gasteiger partial charge in [0.25, 0.3) is 0 Å². The van der Waals surface area contributed by atoms with Crippen LogP contribution in [-0.2, 0) is 14.3 Å². The van der Waals surface area contributed by atoms with Crippen molar-refractivity contribution in [2.75, 3.05) is 47.4 Å². The summed E-state index contributed by atoms with van der Waals surface area (Å²) in [6.45, 7) is 4.82. The van der Waals surface area contributed by atoms with Gasteiger partial charge in [0.05, 0.1) is 27.1 Å². The zero-order valence-corrected chi connectivity index (χ0v) is 22.5. The second-order valence-corrected chi connectivity index (χ2v) is 11.2. The molecule has 1 saturated heterocycles. The highest BCUT2D eigenvalue weighted by atomic mass is 16.5. The SMILES string of the molecule is CCCCCCCCCCCCCCCCCCN1CC(C(=O)OCC[N+](C)(C)C)CC1=O. The second-order valence-electron chi connectivity index (χ2n) is 11.2. The Hall–Kier alpha value is -1.10. The van der Waals surface area contributed by atoms with Crippen molar-refractivity contribution < 1.29 is 18.8 Å². The van der Waals surface area contributed by atoms with E-state index in [9.17, 15) is 9.59 Å². The molecule has 0 bridgehead atoms. The van der Waals surface area contributed by atoms with Crippen LogP contribution in [0.3, 0.4) is 0 Å². The van der Waals surface area contributed by atoms with Crippen molar-refractivity contribution in [3.63, 3.8) is 0 Å². The number of carbonyl (C=O) groups is 2. The van der Waals surface area contributed by atoms with Crippen molar-refractivity contribution in [2.24, 2.45) is 5.92 Å². The molecule has 0 aromatic rings. The Morgan fingerprint density at radius 1 is 0.818 bits per heavy atom. The van der Waals surface area contributed by atoms with Crippen molar-refractivity contribution in [3.05, 3.63) is 0 Å². The molecule has 33 heavy (non-hydrogen) atoms. The number of rotatable bonds is 21. The summed E-state index contributed by atoms with van der Waals surface area (Å²) in [5.74, 6) is -0.359. The molecule has 1 fully saturated rings. The quantitative estimate of drug-likeness (QED) is 0.112. The number of unbranched alkanes of at least 4 members (excludes halogenated alkanes) is 15. The van der Waals surface area contributed by atoms with Crippen LogP contribution in [0.25, 0.3) is 0 Å². The summed E-state index contributed by atoms with van der Waals surface area (Å²) in [7, 11) is 6.23. The Bertz CT molecular complexity index is 516. The number of esters is 1. The van der Waals surface area contributed by atoms with E-state index in [-0.39, 0.29) is 17.8 Å². The van der Waals surface area contributed by atoms with Crippen LogP contribution in [0.1, 0.15) is 116 Å². The molecule has 1 atom stereocenters. The van der Waals surface area contributed by atoms with Gasteiger partial charge in [-0.3, -0.25) is 9.59 Å². The van der Waals surface area contributed by atoms with Gasteiger partial charge in [-0.2, -0.15) is 0 Å². The van der Waals surface area contributed by atoms with Crippen molar-refractivity contribution in [3.8, 4) is 0 Å². The Balaban J connectivity index is 1.91. The number of nitrogens with zero attached hydrogens (tertiary/aromatic N) is 2. The number of ether oxygens (including phenoxy) is 1. The standard InChI is InChI=1S/C28H55N2O3/c1-5-6-7-8-9-10-11-12-13-14-15-16-17-18-19-20-21-29-25-26(24-27(29)31)28(32)33-23-22-30(2,3)4/h26H,5-25H2,1-4H3/q+1. The van der Waals surface area contributed by atoms with Crippen LogP contribution >= 0.6 is 0 Å². The molecule has 0 N–H and O–H groups in total. The predicted molar refractivity (Wildman–Crippen MR) is 138 cm³/mol. The molecule has 5 heteroatoms. The number of quaternary nitrogens is 1. The van der Waals surface area contributed by atoms with E-state index in [1.54, 1.807) is 0 Å². The summed E-state index contributed by atoms with van der Waals surface area (Å²) < 4.78 is 6.17. The molecular weight excluding hydrogens is 412 g/mol. The van der Waals surface area contributed by atoms with Crippen LogP contribution in [0.15, 0.2) is 0 Å². The molecule has 0 aromatic heterocycles. The first kappa shape index (κ1) is 29.9. The molecule has 1 aliphatic heterocycles. The number of likely N-dealkylation sites (tertiary alicyclic amines) is 1. The molecule has 1 heterocycles. The zero-order valence-electron chi connectivity index (χ0n) is 22.5. The first-order valence-electron chi connectivity index (χ1n) is 14.1. The maximum absolute atomic E-state index is 12.2. The van der Waals surface area contributed by atoms with Gasteiger partial charge in [-0.15, -0.1) is 0 Å². The predicted octanol–water partition coefficient (Wildman–Crippen LogP) is 6.35. The average Bonchev–Trinajstić information content (AvgIpc) is 3.13. The Morgan fingerprint density at radius 2 is 1.27 bits per heavy atom. The van der Waals surface area contributed by atoms with Crippen LogP contribution in [0.2, 0.25) is 0 Å². The Labute approximate surface area is 205 Å². The highest BCUT2D eigenvalue weighted by Gasteiger charge is 2.35. The zero-order chi connectivity index (χ0) is 24.4. The molecule has 1 unspecified atom stereocenters. The minimum absolute atomic E-state index is 0.115. The summed E-state index contributed by atoms with van der Waals surface area (Å²) >= 11 is 0. The monoisotopic (exact) mass is 467 g/mol. The molecule has 5 nitrogen and oxygen atoms in total. The van der Waals surface area contributed by atoms with E-state index >= 15 is 0 Å². The van der Waals surface area contributed by atoms with Crippen LogP contribution in [0, 0.1) is 5.92 Å². The number of carbonyl (C=O) groups excluding carboxylic acids is 2. The third kappa shape index (κ3) is 16.2. The Morgan fingerprint density at radius 3 is 1.73 bits per heavy atom. The number of hydrogen-bond donors (Lipinski definition) is 0. The van der Waals surface area contributed by atoms with E-state index in [4.69, 9.17) is 4.74 Å². The molecule has 1 rings (SSSR count). The number of hydrogen-bond acceptors (Lipinski definition) is 3. The van der Waals surface area contributed by atoms with Crippen molar-refractivity contribution in [1.29, 1.82) is 0 Å². The van der Waals surface area contributed by atoms with Crippen LogP contribution < -0.4 is 0 Å². The smallest absolute Gasteiger partial charge is 0.311 e. The normalized spacial score (nSPS) is 16.5. The van der Waals surface area contributed by atoms with Gasteiger partial charge in [-0.05, 0) is 6.42 Å².